The van der Waals surface area contributed by atoms with Crippen LogP contribution in [0.5, 0.6) is 5.75 Å². The Hall–Kier alpha value is -2.69. The predicted molar refractivity (Wildman–Crippen MR) is 141 cm³/mol. The lowest BCUT2D eigenvalue weighted by atomic mass is 9.90. The Balaban J connectivity index is 1.69. The molecule has 2 aliphatic heterocycles. The zero-order valence-corrected chi connectivity index (χ0v) is 22.5. The van der Waals surface area contributed by atoms with Gasteiger partial charge >= 0.3 is 10.2 Å². The second-order valence-corrected chi connectivity index (χ2v) is 12.3. The number of rotatable bonds is 7. The van der Waals surface area contributed by atoms with Crippen molar-refractivity contribution in [3.8, 4) is 17.0 Å². The van der Waals surface area contributed by atoms with Crippen LogP contribution in [0.25, 0.3) is 11.3 Å². The number of nitrogens with zero attached hydrogens (tertiary/aromatic N) is 3. The smallest absolute Gasteiger partial charge is 0.304 e. The third-order valence-corrected chi connectivity index (χ3v) is 8.79. The third-order valence-electron chi connectivity index (χ3n) is 7.33. The summed E-state index contributed by atoms with van der Waals surface area (Å²) in [5, 5.41) is 0. The molecule has 9 nitrogen and oxygen atoms in total. The minimum atomic E-state index is -4.00. The van der Waals surface area contributed by atoms with Crippen molar-refractivity contribution < 1.29 is 17.9 Å². The van der Waals surface area contributed by atoms with E-state index in [9.17, 15) is 13.2 Å². The SMILES string of the molecule is CC(C)Oc1ccc(-c2ccc(C(=O)NS(=O)(=O)N3CC[C@H](N)C3)c(N3CCC(C)C3(C)C)n2)cc1. The average molecular weight is 516 g/mol. The van der Waals surface area contributed by atoms with Gasteiger partial charge in [-0.05, 0) is 82.9 Å². The Morgan fingerprint density at radius 2 is 1.83 bits per heavy atom. The van der Waals surface area contributed by atoms with Gasteiger partial charge in [0.25, 0.3) is 5.91 Å². The minimum Gasteiger partial charge on any atom is -0.491 e. The molecule has 36 heavy (non-hydrogen) atoms. The van der Waals surface area contributed by atoms with E-state index in [2.05, 4.69) is 30.4 Å². The number of aromatic nitrogens is 1. The van der Waals surface area contributed by atoms with Gasteiger partial charge in [0.05, 0.1) is 17.4 Å². The molecule has 2 aliphatic rings. The molecule has 2 saturated heterocycles. The molecule has 0 radical (unpaired) electrons. The summed E-state index contributed by atoms with van der Waals surface area (Å²) in [7, 11) is -4.00. The van der Waals surface area contributed by atoms with Crippen LogP contribution in [0, 0.1) is 5.92 Å². The maximum Gasteiger partial charge on any atom is 0.304 e. The maximum absolute atomic E-state index is 13.3. The second-order valence-electron chi connectivity index (χ2n) is 10.6. The molecule has 1 unspecified atom stereocenters. The molecule has 0 bridgehead atoms. The molecule has 0 aliphatic carbocycles. The van der Waals surface area contributed by atoms with E-state index in [1.54, 1.807) is 12.1 Å². The largest absolute Gasteiger partial charge is 0.491 e. The van der Waals surface area contributed by atoms with Gasteiger partial charge in [-0.2, -0.15) is 12.7 Å². The van der Waals surface area contributed by atoms with Gasteiger partial charge in [-0.3, -0.25) is 4.79 Å². The topological polar surface area (TPSA) is 118 Å². The summed E-state index contributed by atoms with van der Waals surface area (Å²) in [5.41, 5.74) is 7.42. The predicted octanol–water partition coefficient (Wildman–Crippen LogP) is 3.17. The number of nitrogens with one attached hydrogen (secondary N) is 1. The standard InChI is InChI=1S/C26H37N5O4S/c1-17(2)35-21-8-6-19(7-9-21)23-11-10-22(24(28-23)31-15-12-18(3)26(31,4)5)25(32)29-36(33,34)30-14-13-20(27)16-30/h6-11,17-18,20H,12-16,27H2,1-5H3,(H,29,32)/t18?,20-/m0/s1. The van der Waals surface area contributed by atoms with Gasteiger partial charge in [-0.15, -0.1) is 0 Å². The van der Waals surface area contributed by atoms with Crippen LogP contribution >= 0.6 is 0 Å². The average Bonchev–Trinajstić information content (AvgIpc) is 3.36. The highest BCUT2D eigenvalue weighted by Gasteiger charge is 2.41. The van der Waals surface area contributed by atoms with Gasteiger partial charge in [-0.25, -0.2) is 9.71 Å². The van der Waals surface area contributed by atoms with Crippen LogP contribution in [0.15, 0.2) is 36.4 Å². The quantitative estimate of drug-likeness (QED) is 0.581. The number of hydrogen-bond donors (Lipinski definition) is 2. The number of carbonyl (C=O) groups is 1. The number of nitrogens with two attached hydrogens (primary N) is 1. The summed E-state index contributed by atoms with van der Waals surface area (Å²) in [6.07, 6.45) is 1.59. The lowest BCUT2D eigenvalue weighted by Gasteiger charge is -2.36. The van der Waals surface area contributed by atoms with E-state index in [1.807, 2.05) is 38.1 Å². The molecule has 3 heterocycles. The third kappa shape index (κ3) is 5.35. The van der Waals surface area contributed by atoms with Crippen LogP contribution in [-0.2, 0) is 10.2 Å². The van der Waals surface area contributed by atoms with Gasteiger partial charge in [0.1, 0.15) is 11.6 Å². The van der Waals surface area contributed by atoms with Crippen molar-refractivity contribution >= 4 is 21.9 Å². The van der Waals surface area contributed by atoms with Crippen molar-refractivity contribution in [3.63, 3.8) is 0 Å². The van der Waals surface area contributed by atoms with E-state index in [4.69, 9.17) is 15.5 Å². The molecule has 2 fully saturated rings. The van der Waals surface area contributed by atoms with Crippen LogP contribution in [-0.4, -0.2) is 60.9 Å². The zero-order valence-electron chi connectivity index (χ0n) is 21.7. The molecule has 2 aromatic rings. The fourth-order valence-electron chi connectivity index (χ4n) is 4.79. The first-order valence-electron chi connectivity index (χ1n) is 12.5. The van der Waals surface area contributed by atoms with Gasteiger partial charge < -0.3 is 15.4 Å². The van der Waals surface area contributed by atoms with Gasteiger partial charge in [0, 0.05) is 36.8 Å². The van der Waals surface area contributed by atoms with E-state index in [0.717, 1.165) is 24.3 Å². The van der Waals surface area contributed by atoms with Gasteiger partial charge in [0.2, 0.25) is 0 Å². The lowest BCUT2D eigenvalue weighted by Crippen LogP contribution is -2.45. The van der Waals surface area contributed by atoms with Crippen molar-refractivity contribution in [2.24, 2.45) is 11.7 Å². The van der Waals surface area contributed by atoms with Crippen LogP contribution in [0.1, 0.15) is 57.8 Å². The van der Waals surface area contributed by atoms with Gasteiger partial charge in [0.15, 0.2) is 0 Å². The normalized spacial score (nSPS) is 22.2. The molecule has 10 heteroatoms. The summed E-state index contributed by atoms with van der Waals surface area (Å²) in [4.78, 5) is 20.4. The number of hydrogen-bond acceptors (Lipinski definition) is 7. The number of anilines is 1. The maximum atomic E-state index is 13.3. The molecule has 196 valence electrons. The lowest BCUT2D eigenvalue weighted by molar-refractivity contribution is 0.0979. The Kier molecular flexibility index (Phi) is 7.32. The van der Waals surface area contributed by atoms with E-state index >= 15 is 0 Å². The first-order chi connectivity index (χ1) is 16.9. The Bertz CT molecular complexity index is 1210. The van der Waals surface area contributed by atoms with Crippen molar-refractivity contribution in [1.82, 2.24) is 14.0 Å². The molecular formula is C26H37N5O4S. The Morgan fingerprint density at radius 3 is 2.39 bits per heavy atom. The highest BCUT2D eigenvalue weighted by Crippen LogP contribution is 2.39. The summed E-state index contributed by atoms with van der Waals surface area (Å²) in [6.45, 7) is 11.6. The molecule has 0 saturated carbocycles. The first kappa shape index (κ1) is 26.4. The fourth-order valence-corrected chi connectivity index (χ4v) is 5.99. The number of ether oxygens (including phenoxy) is 1. The molecule has 1 aromatic heterocycles. The van der Waals surface area contributed by atoms with Crippen molar-refractivity contribution in [2.45, 2.75) is 65.1 Å². The van der Waals surface area contributed by atoms with Crippen molar-refractivity contribution in [1.29, 1.82) is 0 Å². The number of carbonyl (C=O) groups excluding carboxylic acids is 1. The highest BCUT2D eigenvalue weighted by molar-refractivity contribution is 7.87. The van der Waals surface area contributed by atoms with Crippen LogP contribution in [0.3, 0.4) is 0 Å². The molecule has 1 amide bonds. The minimum absolute atomic E-state index is 0.0744. The molecule has 1 aromatic carbocycles. The van der Waals surface area contributed by atoms with Crippen molar-refractivity contribution in [3.05, 3.63) is 42.0 Å². The molecule has 3 N–H and O–H groups in total. The highest BCUT2D eigenvalue weighted by atomic mass is 32.2. The first-order valence-corrected chi connectivity index (χ1v) is 14.0. The fraction of sp³-hybridized carbons (Fsp3) is 0.538. The molecule has 0 spiro atoms. The van der Waals surface area contributed by atoms with E-state index in [-0.39, 0.29) is 29.8 Å². The van der Waals surface area contributed by atoms with Crippen LogP contribution in [0.4, 0.5) is 5.82 Å². The zero-order chi connectivity index (χ0) is 26.3. The van der Waals surface area contributed by atoms with E-state index in [1.165, 1.54) is 4.31 Å². The number of amides is 1. The summed E-state index contributed by atoms with van der Waals surface area (Å²) < 4.78 is 34.9. The molecular weight excluding hydrogens is 478 g/mol. The summed E-state index contributed by atoms with van der Waals surface area (Å²) in [6, 6.07) is 10.8. The van der Waals surface area contributed by atoms with Crippen LogP contribution in [0.2, 0.25) is 0 Å². The molecule has 4 rings (SSSR count). The Labute approximate surface area is 214 Å². The van der Waals surface area contributed by atoms with Crippen molar-refractivity contribution in [2.75, 3.05) is 24.5 Å². The Morgan fingerprint density at radius 1 is 1.14 bits per heavy atom. The number of pyridine rings is 1. The van der Waals surface area contributed by atoms with E-state index in [0.29, 0.717) is 30.4 Å². The monoisotopic (exact) mass is 515 g/mol. The summed E-state index contributed by atoms with van der Waals surface area (Å²) in [5.74, 6) is 0.934. The summed E-state index contributed by atoms with van der Waals surface area (Å²) >= 11 is 0. The number of benzene rings is 1. The van der Waals surface area contributed by atoms with E-state index < -0.39 is 16.1 Å². The van der Waals surface area contributed by atoms with Gasteiger partial charge in [-0.1, -0.05) is 6.92 Å². The van der Waals surface area contributed by atoms with Crippen LogP contribution < -0.4 is 20.1 Å². The second kappa shape index (κ2) is 9.99. The molecule has 2 atom stereocenters.